The van der Waals surface area contributed by atoms with Gasteiger partial charge in [-0.25, -0.2) is 0 Å². The van der Waals surface area contributed by atoms with Gasteiger partial charge in [0.2, 0.25) is 0 Å². The number of carbonyl (C=O) groups excluding carboxylic acids is 2. The van der Waals surface area contributed by atoms with Crippen LogP contribution < -0.4 is 15.8 Å². The molecule has 29 heavy (non-hydrogen) atoms. The molecular formula is C22H25N3O4. The molecule has 1 aliphatic heterocycles. The van der Waals surface area contributed by atoms with Gasteiger partial charge in [-0.15, -0.1) is 0 Å². The number of esters is 1. The summed E-state index contributed by atoms with van der Waals surface area (Å²) in [6.45, 7) is 2.15. The first-order valence-corrected chi connectivity index (χ1v) is 9.59. The predicted octanol–water partition coefficient (Wildman–Crippen LogP) is 2.92. The topological polar surface area (TPSA) is 103 Å². The van der Waals surface area contributed by atoms with E-state index in [0.29, 0.717) is 23.7 Å². The van der Waals surface area contributed by atoms with E-state index in [4.69, 9.17) is 15.2 Å². The molecule has 0 saturated heterocycles. The van der Waals surface area contributed by atoms with E-state index in [0.717, 1.165) is 29.7 Å². The maximum atomic E-state index is 12.5. The highest BCUT2D eigenvalue weighted by molar-refractivity contribution is 6.05. The molecule has 0 saturated carbocycles. The third-order valence-electron chi connectivity index (χ3n) is 4.73. The van der Waals surface area contributed by atoms with Crippen molar-refractivity contribution in [2.24, 2.45) is 10.7 Å². The van der Waals surface area contributed by atoms with E-state index in [2.05, 4.69) is 10.3 Å². The first-order chi connectivity index (χ1) is 14.0. The van der Waals surface area contributed by atoms with Crippen molar-refractivity contribution in [3.63, 3.8) is 0 Å². The predicted molar refractivity (Wildman–Crippen MR) is 111 cm³/mol. The Kier molecular flexibility index (Phi) is 6.49. The first-order valence-electron chi connectivity index (χ1n) is 9.59. The molecular weight excluding hydrogens is 370 g/mol. The molecule has 1 aliphatic rings. The van der Waals surface area contributed by atoms with Crippen LogP contribution in [0, 0.1) is 0 Å². The highest BCUT2D eigenvalue weighted by Gasteiger charge is 2.23. The zero-order valence-corrected chi connectivity index (χ0v) is 16.6. The SMILES string of the molecule is CCOC(=O)CC1CCc2cc(NC(=O)c3ccc(C(N)=NC)cc3)ccc2O1. The van der Waals surface area contributed by atoms with E-state index in [1.165, 1.54) is 0 Å². The molecule has 0 spiro atoms. The summed E-state index contributed by atoms with van der Waals surface area (Å²) in [5, 5.41) is 2.90. The number of hydrogen-bond acceptors (Lipinski definition) is 5. The van der Waals surface area contributed by atoms with Crippen molar-refractivity contribution in [3.05, 3.63) is 59.2 Å². The van der Waals surface area contributed by atoms with Gasteiger partial charge >= 0.3 is 5.97 Å². The van der Waals surface area contributed by atoms with E-state index in [-0.39, 0.29) is 24.4 Å². The summed E-state index contributed by atoms with van der Waals surface area (Å²) in [5.41, 5.74) is 8.77. The molecule has 0 radical (unpaired) electrons. The summed E-state index contributed by atoms with van der Waals surface area (Å²) in [5.74, 6) is 0.707. The van der Waals surface area contributed by atoms with Crippen LogP contribution in [0.5, 0.6) is 5.75 Å². The molecule has 152 valence electrons. The number of amidine groups is 1. The van der Waals surface area contributed by atoms with E-state index >= 15 is 0 Å². The van der Waals surface area contributed by atoms with Crippen LogP contribution in [-0.2, 0) is 16.0 Å². The van der Waals surface area contributed by atoms with Gasteiger partial charge in [-0.2, -0.15) is 0 Å². The summed E-state index contributed by atoms with van der Waals surface area (Å²) < 4.78 is 10.9. The molecule has 3 rings (SSSR count). The number of carbonyl (C=O) groups is 2. The van der Waals surface area contributed by atoms with Gasteiger partial charge in [-0.1, -0.05) is 12.1 Å². The van der Waals surface area contributed by atoms with Crippen LogP contribution in [0.15, 0.2) is 47.5 Å². The fraction of sp³-hybridized carbons (Fsp3) is 0.318. The Morgan fingerprint density at radius 2 is 1.93 bits per heavy atom. The van der Waals surface area contributed by atoms with Crippen LogP contribution >= 0.6 is 0 Å². The van der Waals surface area contributed by atoms with Crippen molar-refractivity contribution in [1.29, 1.82) is 0 Å². The normalized spacial score (nSPS) is 15.8. The summed E-state index contributed by atoms with van der Waals surface area (Å²) in [6, 6.07) is 12.5. The third kappa shape index (κ3) is 5.13. The molecule has 3 N–H and O–H groups in total. The van der Waals surface area contributed by atoms with Crippen molar-refractivity contribution in [1.82, 2.24) is 0 Å². The van der Waals surface area contributed by atoms with Crippen molar-refractivity contribution in [2.75, 3.05) is 19.0 Å². The molecule has 0 fully saturated rings. The zero-order chi connectivity index (χ0) is 20.8. The Morgan fingerprint density at radius 3 is 2.62 bits per heavy atom. The molecule has 0 aliphatic carbocycles. The van der Waals surface area contributed by atoms with E-state index in [9.17, 15) is 9.59 Å². The molecule has 2 aromatic rings. The number of rotatable bonds is 6. The number of aliphatic imine (C=N–C) groups is 1. The van der Waals surface area contributed by atoms with Crippen molar-refractivity contribution in [3.8, 4) is 5.75 Å². The van der Waals surface area contributed by atoms with Crippen molar-refractivity contribution >= 4 is 23.4 Å². The number of hydrogen-bond donors (Lipinski definition) is 2. The first kappa shape index (κ1) is 20.4. The van der Waals surface area contributed by atoms with Crippen molar-refractivity contribution < 1.29 is 19.1 Å². The Morgan fingerprint density at radius 1 is 1.21 bits per heavy atom. The molecule has 7 heteroatoms. The number of ether oxygens (including phenoxy) is 2. The fourth-order valence-electron chi connectivity index (χ4n) is 3.20. The standard InChI is InChI=1S/C22H25N3O4/c1-3-28-20(26)13-18-10-8-16-12-17(9-11-19(16)29-18)25-22(27)15-6-4-14(5-7-15)21(23)24-2/h4-7,9,11-12,18H,3,8,10,13H2,1-2H3,(H2,23,24)(H,25,27). The second kappa shape index (κ2) is 9.23. The minimum atomic E-state index is -0.247. The molecule has 1 heterocycles. The number of nitrogens with zero attached hydrogens (tertiary/aromatic N) is 1. The zero-order valence-electron chi connectivity index (χ0n) is 16.6. The van der Waals surface area contributed by atoms with Gasteiger partial charge in [0.05, 0.1) is 13.0 Å². The summed E-state index contributed by atoms with van der Waals surface area (Å²) >= 11 is 0. The second-order valence-electron chi connectivity index (χ2n) is 6.75. The monoisotopic (exact) mass is 395 g/mol. The molecule has 0 aromatic heterocycles. The summed E-state index contributed by atoms with van der Waals surface area (Å²) in [7, 11) is 1.62. The molecule has 1 unspecified atom stereocenters. The smallest absolute Gasteiger partial charge is 0.309 e. The minimum Gasteiger partial charge on any atom is -0.490 e. The number of anilines is 1. The molecule has 1 atom stereocenters. The Bertz CT molecular complexity index is 922. The molecule has 7 nitrogen and oxygen atoms in total. The summed E-state index contributed by atoms with van der Waals surface area (Å²) in [6.07, 6.45) is 1.56. The van der Waals surface area contributed by atoms with Gasteiger partial charge in [0.1, 0.15) is 17.7 Å². The lowest BCUT2D eigenvalue weighted by molar-refractivity contribution is -0.145. The van der Waals surface area contributed by atoms with Gasteiger partial charge < -0.3 is 20.5 Å². The molecule has 2 aromatic carbocycles. The third-order valence-corrected chi connectivity index (χ3v) is 4.73. The molecule has 0 bridgehead atoms. The van der Waals surface area contributed by atoms with Gasteiger partial charge in [0.25, 0.3) is 5.91 Å². The van der Waals surface area contributed by atoms with Crippen LogP contribution in [0.25, 0.3) is 0 Å². The van der Waals surface area contributed by atoms with Gasteiger partial charge in [-0.3, -0.25) is 14.6 Å². The van der Waals surface area contributed by atoms with Crippen LogP contribution in [0.1, 0.15) is 41.3 Å². The van der Waals surface area contributed by atoms with Gasteiger partial charge in [0, 0.05) is 23.9 Å². The Hall–Kier alpha value is -3.35. The van der Waals surface area contributed by atoms with Gasteiger partial charge in [0.15, 0.2) is 0 Å². The van der Waals surface area contributed by atoms with Crippen molar-refractivity contribution in [2.45, 2.75) is 32.3 Å². The number of fused-ring (bicyclic) bond motifs is 1. The van der Waals surface area contributed by atoms with Crippen LogP contribution in [0.4, 0.5) is 5.69 Å². The number of aryl methyl sites for hydroxylation is 1. The Balaban J connectivity index is 1.63. The van der Waals surface area contributed by atoms with Crippen LogP contribution in [0.2, 0.25) is 0 Å². The highest BCUT2D eigenvalue weighted by atomic mass is 16.5. The lowest BCUT2D eigenvalue weighted by atomic mass is 10.00. The lowest BCUT2D eigenvalue weighted by Gasteiger charge is -2.26. The maximum absolute atomic E-state index is 12.5. The average molecular weight is 395 g/mol. The fourth-order valence-corrected chi connectivity index (χ4v) is 3.20. The van der Waals surface area contributed by atoms with Crippen LogP contribution in [0.3, 0.4) is 0 Å². The maximum Gasteiger partial charge on any atom is 0.309 e. The summed E-state index contributed by atoms with van der Waals surface area (Å²) in [4.78, 5) is 28.1. The molecule has 1 amide bonds. The van der Waals surface area contributed by atoms with E-state index < -0.39 is 0 Å². The minimum absolute atomic E-state index is 0.181. The second-order valence-corrected chi connectivity index (χ2v) is 6.75. The van der Waals surface area contributed by atoms with Gasteiger partial charge in [-0.05, 0) is 55.7 Å². The van der Waals surface area contributed by atoms with E-state index in [1.807, 2.05) is 12.1 Å². The average Bonchev–Trinajstić information content (AvgIpc) is 2.73. The van der Waals surface area contributed by atoms with E-state index in [1.54, 1.807) is 44.3 Å². The quantitative estimate of drug-likeness (QED) is 0.445. The number of benzene rings is 2. The largest absolute Gasteiger partial charge is 0.490 e. The number of amides is 1. The Labute approximate surface area is 169 Å². The number of nitrogens with one attached hydrogen (secondary N) is 1. The van der Waals surface area contributed by atoms with Crippen LogP contribution in [-0.4, -0.2) is 37.5 Å². The number of nitrogens with two attached hydrogens (primary N) is 1. The highest BCUT2D eigenvalue weighted by Crippen LogP contribution is 2.31. The lowest BCUT2D eigenvalue weighted by Crippen LogP contribution is -2.26.